The van der Waals surface area contributed by atoms with E-state index in [0.29, 0.717) is 39.2 Å². The van der Waals surface area contributed by atoms with Crippen LogP contribution in [0.3, 0.4) is 0 Å². The second-order valence-corrected chi connectivity index (χ2v) is 13.5. The fraction of sp³-hybridized carbons (Fsp3) is 0.409. The molecule has 0 aromatic heterocycles. The second-order valence-electron chi connectivity index (χ2n) is 13.5. The van der Waals surface area contributed by atoms with Crippen molar-refractivity contribution in [2.75, 3.05) is 72.6 Å². The van der Waals surface area contributed by atoms with Crippen LogP contribution in [0, 0.1) is 0 Å². The maximum atomic E-state index is 13.8. The molecule has 60 heavy (non-hydrogen) atoms. The average Bonchev–Trinajstić information content (AvgIpc) is 3.58. The summed E-state index contributed by atoms with van der Waals surface area (Å²) in [5.41, 5.74) is 13.7. The van der Waals surface area contributed by atoms with Crippen molar-refractivity contribution in [1.82, 2.24) is 16.0 Å². The van der Waals surface area contributed by atoms with Gasteiger partial charge in [0.1, 0.15) is 25.3 Å². The minimum absolute atomic E-state index is 0.00188. The van der Waals surface area contributed by atoms with Crippen LogP contribution in [0.1, 0.15) is 41.9 Å². The minimum Gasteiger partial charge on any atom is -0.461 e. The van der Waals surface area contributed by atoms with Crippen molar-refractivity contribution >= 4 is 35.9 Å². The molecule has 3 aromatic carbocycles. The molecule has 0 saturated carbocycles. The monoisotopic (exact) mass is 827 g/mol. The van der Waals surface area contributed by atoms with E-state index < -0.39 is 35.8 Å². The number of carbonyl (C=O) groups excluding carboxylic acids is 5. The fourth-order valence-electron chi connectivity index (χ4n) is 6.31. The van der Waals surface area contributed by atoms with Gasteiger partial charge in [0, 0.05) is 25.3 Å². The summed E-state index contributed by atoms with van der Waals surface area (Å²) >= 11 is 0. The van der Waals surface area contributed by atoms with Crippen molar-refractivity contribution in [3.05, 3.63) is 114 Å². The quantitative estimate of drug-likeness (QED) is 0.0230. The van der Waals surface area contributed by atoms with Gasteiger partial charge in [-0.2, -0.15) is 4.79 Å². The molecule has 3 N–H and O–H groups in total. The molecule has 0 unspecified atom stereocenters. The summed E-state index contributed by atoms with van der Waals surface area (Å²) in [5.74, 6) is -2.33. The van der Waals surface area contributed by atoms with Gasteiger partial charge < -0.3 is 49.9 Å². The molecule has 1 aliphatic carbocycles. The number of hydrogen-bond donors (Lipinski definition) is 3. The highest BCUT2D eigenvalue weighted by Gasteiger charge is 2.31. The maximum absolute atomic E-state index is 13.8. The first-order valence-electron chi connectivity index (χ1n) is 19.8. The van der Waals surface area contributed by atoms with Crippen molar-refractivity contribution in [3.8, 4) is 11.1 Å². The molecule has 0 saturated heterocycles. The first-order valence-corrected chi connectivity index (χ1v) is 19.8. The Hall–Kier alpha value is -6.03. The topological polar surface area (TPSA) is 213 Å². The van der Waals surface area contributed by atoms with E-state index in [0.717, 1.165) is 27.8 Å². The van der Waals surface area contributed by atoms with Gasteiger partial charge in [-0.15, -0.1) is 0 Å². The van der Waals surface area contributed by atoms with Crippen LogP contribution in [0.5, 0.6) is 0 Å². The SMILES string of the molecule is C=CCOC(=O)CCOCCOCCOCCOCCNC(=O)[C@H](Cc1ccccc1)NC(=O)[C@H](CCC(=O)C=[N+]=[N-])NC(=O)OCC1c2ccccc2-c2ccccc21. The van der Waals surface area contributed by atoms with E-state index in [1.165, 1.54) is 6.08 Å². The number of carbonyl (C=O) groups is 5. The van der Waals surface area contributed by atoms with Crippen LogP contribution in [0.25, 0.3) is 16.7 Å². The highest BCUT2D eigenvalue weighted by molar-refractivity contribution is 6.25. The second kappa shape index (κ2) is 26.9. The molecule has 1 aliphatic rings. The summed E-state index contributed by atoms with van der Waals surface area (Å²) in [5, 5.41) is 8.10. The fourth-order valence-corrected chi connectivity index (χ4v) is 6.31. The lowest BCUT2D eigenvalue weighted by molar-refractivity contribution is -0.143. The Labute approximate surface area is 349 Å². The zero-order valence-corrected chi connectivity index (χ0v) is 33.6. The van der Waals surface area contributed by atoms with Crippen LogP contribution in [0.4, 0.5) is 4.79 Å². The maximum Gasteiger partial charge on any atom is 0.407 e. The molecule has 16 heteroatoms. The van der Waals surface area contributed by atoms with Gasteiger partial charge in [0.05, 0.1) is 59.3 Å². The summed E-state index contributed by atoms with van der Waals surface area (Å²) in [6.07, 6.45) is 1.24. The van der Waals surface area contributed by atoms with Crippen molar-refractivity contribution in [3.63, 3.8) is 0 Å². The number of alkyl carbamates (subject to hydrolysis) is 1. The molecular weight excluding hydrogens is 775 g/mol. The zero-order valence-electron chi connectivity index (χ0n) is 33.6. The number of rotatable bonds is 29. The number of amides is 3. The Kier molecular flexibility index (Phi) is 20.9. The molecule has 0 bridgehead atoms. The summed E-state index contributed by atoms with van der Waals surface area (Å²) in [7, 11) is 0. The molecule has 3 amide bonds. The lowest BCUT2D eigenvalue weighted by atomic mass is 9.98. The molecule has 4 rings (SSSR count). The standard InChI is InChI=1S/C44H53N5O11/c1-2-20-59-41(51)18-21-55-23-25-57-27-28-58-26-24-56-22-19-46-42(52)40(29-32-10-4-3-5-11-32)48-43(53)39(17-16-33(50)30-47-45)49-44(54)60-31-38-36-14-8-6-12-34(36)35-13-7-9-15-37(35)38/h2-15,30,38-40H,1,16-29,31H2,(H,46,52)(H,48,53)(H,49,54)/t39-,40-/m0/s1. The number of ketones is 1. The number of nitrogens with one attached hydrogen (secondary N) is 3. The van der Waals surface area contributed by atoms with Gasteiger partial charge in [-0.3, -0.25) is 19.2 Å². The molecular formula is C44H53N5O11. The predicted octanol–water partition coefficient (Wildman–Crippen LogP) is 3.57. The van der Waals surface area contributed by atoms with Gasteiger partial charge in [-0.1, -0.05) is 91.5 Å². The number of ether oxygens (including phenoxy) is 6. The molecule has 0 fully saturated rings. The van der Waals surface area contributed by atoms with E-state index in [2.05, 4.69) is 27.3 Å². The van der Waals surface area contributed by atoms with Gasteiger partial charge in [0.15, 0.2) is 0 Å². The third kappa shape index (κ3) is 16.3. The van der Waals surface area contributed by atoms with Crippen molar-refractivity contribution in [1.29, 1.82) is 0 Å². The summed E-state index contributed by atoms with van der Waals surface area (Å²) in [4.78, 5) is 66.8. The van der Waals surface area contributed by atoms with E-state index in [9.17, 15) is 24.0 Å². The van der Waals surface area contributed by atoms with Crippen LogP contribution in [0.2, 0.25) is 0 Å². The highest BCUT2D eigenvalue weighted by atomic mass is 16.6. The van der Waals surface area contributed by atoms with Crippen LogP contribution in [0.15, 0.2) is 91.5 Å². The van der Waals surface area contributed by atoms with Gasteiger partial charge in [-0.25, -0.2) is 4.79 Å². The van der Waals surface area contributed by atoms with Crippen LogP contribution in [-0.2, 0) is 54.0 Å². The van der Waals surface area contributed by atoms with E-state index >= 15 is 0 Å². The molecule has 2 atom stereocenters. The van der Waals surface area contributed by atoms with Crippen molar-refractivity contribution < 1.29 is 57.2 Å². The largest absolute Gasteiger partial charge is 0.461 e. The number of hydrogen-bond acceptors (Lipinski definition) is 11. The smallest absolute Gasteiger partial charge is 0.407 e. The summed E-state index contributed by atoms with van der Waals surface area (Å²) in [6.45, 7) is 6.18. The first kappa shape index (κ1) is 46.7. The number of Topliss-reactive ketones (excluding diaryl/α,β-unsaturated/α-hetero) is 1. The molecule has 0 spiro atoms. The van der Waals surface area contributed by atoms with E-state index in [1.807, 2.05) is 78.9 Å². The highest BCUT2D eigenvalue weighted by Crippen LogP contribution is 2.44. The van der Waals surface area contributed by atoms with E-state index in [4.69, 9.17) is 34.0 Å². The molecule has 320 valence electrons. The van der Waals surface area contributed by atoms with Crippen LogP contribution < -0.4 is 16.0 Å². The molecule has 3 aromatic rings. The summed E-state index contributed by atoms with van der Waals surface area (Å²) < 4.78 is 32.4. The molecule has 0 aliphatic heterocycles. The Morgan fingerprint density at radius 1 is 0.683 bits per heavy atom. The number of nitrogens with zero attached hydrogens (tertiary/aromatic N) is 2. The van der Waals surface area contributed by atoms with Gasteiger partial charge >= 0.3 is 18.3 Å². The van der Waals surface area contributed by atoms with Gasteiger partial charge in [0.25, 0.3) is 0 Å². The van der Waals surface area contributed by atoms with Crippen molar-refractivity contribution in [2.45, 2.75) is 43.7 Å². The summed E-state index contributed by atoms with van der Waals surface area (Å²) in [6, 6.07) is 22.5. The number of esters is 1. The zero-order chi connectivity index (χ0) is 42.8. The van der Waals surface area contributed by atoms with E-state index in [1.54, 1.807) is 0 Å². The van der Waals surface area contributed by atoms with Gasteiger partial charge in [-0.05, 0) is 34.2 Å². The van der Waals surface area contributed by atoms with Gasteiger partial charge in [0.2, 0.25) is 17.6 Å². The Bertz CT molecular complexity index is 1860. The lowest BCUT2D eigenvalue weighted by Crippen LogP contribution is -2.55. The normalized spacial score (nSPS) is 12.5. The minimum atomic E-state index is -1.27. The average molecular weight is 828 g/mol. The first-order chi connectivity index (χ1) is 29.3. The Morgan fingerprint density at radius 3 is 1.88 bits per heavy atom. The number of fused-ring (bicyclic) bond motifs is 3. The third-order valence-electron chi connectivity index (χ3n) is 9.22. The predicted molar refractivity (Wildman–Crippen MR) is 220 cm³/mol. The Morgan fingerprint density at radius 2 is 1.27 bits per heavy atom. The van der Waals surface area contributed by atoms with E-state index in [-0.39, 0.29) is 77.1 Å². The number of benzene rings is 3. The third-order valence-corrected chi connectivity index (χ3v) is 9.22. The van der Waals surface area contributed by atoms with Crippen LogP contribution in [-0.4, -0.2) is 125 Å². The Balaban J connectivity index is 1.22. The lowest BCUT2D eigenvalue weighted by Gasteiger charge is -2.23. The van der Waals surface area contributed by atoms with Crippen molar-refractivity contribution in [2.24, 2.45) is 0 Å². The molecule has 16 nitrogen and oxygen atoms in total. The molecule has 0 radical (unpaired) electrons. The molecule has 0 heterocycles. The van der Waals surface area contributed by atoms with Crippen LogP contribution >= 0.6 is 0 Å².